The van der Waals surface area contributed by atoms with Crippen LogP contribution >= 0.6 is 27.3 Å². The summed E-state index contributed by atoms with van der Waals surface area (Å²) in [7, 11) is 3.28. The Morgan fingerprint density at radius 2 is 1.97 bits per heavy atom. The third-order valence-electron chi connectivity index (χ3n) is 5.25. The van der Waals surface area contributed by atoms with Gasteiger partial charge in [-0.3, -0.25) is 0 Å². The van der Waals surface area contributed by atoms with E-state index in [1.54, 1.807) is 25.6 Å². The number of rotatable bonds is 4. The lowest BCUT2D eigenvalue weighted by molar-refractivity contribution is -0.0192. The van der Waals surface area contributed by atoms with Crippen LogP contribution in [0.25, 0.3) is 0 Å². The molecule has 1 aromatic heterocycles. The molecule has 0 aliphatic carbocycles. The molecule has 2 aliphatic rings. The highest BCUT2D eigenvalue weighted by molar-refractivity contribution is 9.10. The zero-order chi connectivity index (χ0) is 20.0. The topological polar surface area (TPSA) is 43.3 Å². The van der Waals surface area contributed by atoms with Gasteiger partial charge in [0.15, 0.2) is 11.5 Å². The summed E-state index contributed by atoms with van der Waals surface area (Å²) in [6, 6.07) is 16.3. The van der Waals surface area contributed by atoms with E-state index >= 15 is 0 Å². The lowest BCUT2D eigenvalue weighted by atomic mass is 9.97. The van der Waals surface area contributed by atoms with Crippen LogP contribution in [0.4, 0.5) is 0 Å². The number of methoxy groups -OCH3 is 2. The van der Waals surface area contributed by atoms with E-state index in [4.69, 9.17) is 19.3 Å². The fourth-order valence-corrected chi connectivity index (χ4v) is 4.98. The second-order valence-corrected chi connectivity index (χ2v) is 8.75. The molecular weight excluding hydrogens is 452 g/mol. The third kappa shape index (κ3) is 3.18. The monoisotopic (exact) mass is 470 g/mol. The fraction of sp³-hybridized carbons (Fsp3) is 0.227. The molecule has 0 bridgehead atoms. The minimum absolute atomic E-state index is 0.117. The van der Waals surface area contributed by atoms with Gasteiger partial charge in [0.05, 0.1) is 30.9 Å². The van der Waals surface area contributed by atoms with Gasteiger partial charge in [-0.05, 0) is 47.8 Å². The number of ether oxygens (including phenoxy) is 3. The minimum atomic E-state index is -0.342. The maximum absolute atomic E-state index is 6.43. The highest BCUT2D eigenvalue weighted by Gasteiger charge is 2.41. The van der Waals surface area contributed by atoms with Crippen molar-refractivity contribution in [2.75, 3.05) is 14.2 Å². The molecule has 2 aliphatic heterocycles. The number of halogens is 1. The SMILES string of the molecule is COc1ccc([C@H]2Oc3ccc(Br)cc3[C@@H]3CC(c4cccs4)=NN23)cc1OC. The Labute approximate surface area is 181 Å². The Balaban J connectivity index is 1.60. The van der Waals surface area contributed by atoms with Gasteiger partial charge in [0.25, 0.3) is 0 Å². The molecular formula is C22H19BrN2O3S. The van der Waals surface area contributed by atoms with E-state index in [1.165, 1.54) is 4.88 Å². The lowest BCUT2D eigenvalue weighted by Crippen LogP contribution is -2.33. The van der Waals surface area contributed by atoms with Crippen LogP contribution in [-0.2, 0) is 0 Å². The molecule has 29 heavy (non-hydrogen) atoms. The first-order valence-electron chi connectivity index (χ1n) is 9.25. The maximum atomic E-state index is 6.43. The molecule has 0 radical (unpaired) electrons. The molecule has 0 unspecified atom stereocenters. The van der Waals surface area contributed by atoms with E-state index in [2.05, 4.69) is 44.5 Å². The van der Waals surface area contributed by atoms with E-state index in [9.17, 15) is 0 Å². The van der Waals surface area contributed by atoms with Gasteiger partial charge in [-0.1, -0.05) is 22.0 Å². The number of thiophene rings is 1. The summed E-state index contributed by atoms with van der Waals surface area (Å²) in [5, 5.41) is 9.14. The summed E-state index contributed by atoms with van der Waals surface area (Å²) in [6.07, 6.45) is 0.503. The van der Waals surface area contributed by atoms with E-state index in [0.717, 1.165) is 33.5 Å². The molecule has 3 aromatic rings. The van der Waals surface area contributed by atoms with Crippen LogP contribution in [0.15, 0.2) is 63.5 Å². The van der Waals surface area contributed by atoms with Crippen LogP contribution in [0.3, 0.4) is 0 Å². The summed E-state index contributed by atoms with van der Waals surface area (Å²) < 4.78 is 18.4. The van der Waals surface area contributed by atoms with Crippen LogP contribution in [-0.4, -0.2) is 24.9 Å². The second-order valence-electron chi connectivity index (χ2n) is 6.89. The summed E-state index contributed by atoms with van der Waals surface area (Å²) in [5.74, 6) is 2.25. The van der Waals surface area contributed by atoms with Gasteiger partial charge in [-0.25, -0.2) is 5.01 Å². The first-order valence-corrected chi connectivity index (χ1v) is 10.9. The zero-order valence-corrected chi connectivity index (χ0v) is 18.4. The maximum Gasteiger partial charge on any atom is 0.214 e. The average Bonchev–Trinajstić information content (AvgIpc) is 3.42. The van der Waals surface area contributed by atoms with Crippen molar-refractivity contribution in [3.8, 4) is 17.2 Å². The molecule has 148 valence electrons. The number of hydrogen-bond donors (Lipinski definition) is 0. The molecule has 3 heterocycles. The van der Waals surface area contributed by atoms with E-state index in [1.807, 2.05) is 30.3 Å². The molecule has 0 amide bonds. The van der Waals surface area contributed by atoms with Crippen molar-refractivity contribution in [3.05, 3.63) is 74.4 Å². The van der Waals surface area contributed by atoms with Gasteiger partial charge in [-0.2, -0.15) is 5.10 Å². The number of nitrogens with zero attached hydrogens (tertiary/aromatic N) is 2. The Kier molecular flexibility index (Phi) is 4.72. The molecule has 0 N–H and O–H groups in total. The first kappa shape index (κ1) is 18.5. The number of hydrogen-bond acceptors (Lipinski definition) is 6. The lowest BCUT2D eigenvalue weighted by Gasteiger charge is -2.38. The van der Waals surface area contributed by atoms with Crippen LogP contribution < -0.4 is 14.2 Å². The molecule has 0 spiro atoms. The van der Waals surface area contributed by atoms with Gasteiger partial charge >= 0.3 is 0 Å². The van der Waals surface area contributed by atoms with E-state index in [-0.39, 0.29) is 12.3 Å². The Morgan fingerprint density at radius 3 is 2.72 bits per heavy atom. The molecule has 0 fully saturated rings. The van der Waals surface area contributed by atoms with Crippen molar-refractivity contribution in [1.82, 2.24) is 5.01 Å². The van der Waals surface area contributed by atoms with Crippen LogP contribution in [0.2, 0.25) is 0 Å². The quantitative estimate of drug-likeness (QED) is 0.485. The second kappa shape index (κ2) is 7.39. The van der Waals surface area contributed by atoms with Crippen molar-refractivity contribution in [2.24, 2.45) is 5.10 Å². The smallest absolute Gasteiger partial charge is 0.214 e. The van der Waals surface area contributed by atoms with Crippen LogP contribution in [0, 0.1) is 0 Å². The molecule has 5 rings (SSSR count). The van der Waals surface area contributed by atoms with Gasteiger partial charge < -0.3 is 14.2 Å². The van der Waals surface area contributed by atoms with Gasteiger partial charge in [0, 0.05) is 22.0 Å². The van der Waals surface area contributed by atoms with Crippen molar-refractivity contribution in [2.45, 2.75) is 18.7 Å². The summed E-state index contributed by atoms with van der Waals surface area (Å²) in [4.78, 5) is 1.20. The number of benzene rings is 2. The highest BCUT2D eigenvalue weighted by atomic mass is 79.9. The third-order valence-corrected chi connectivity index (χ3v) is 6.66. The highest BCUT2D eigenvalue weighted by Crippen LogP contribution is 2.49. The number of fused-ring (bicyclic) bond motifs is 3. The van der Waals surface area contributed by atoms with Crippen molar-refractivity contribution in [3.63, 3.8) is 0 Å². The molecule has 0 saturated heterocycles. The fourth-order valence-electron chi connectivity index (χ4n) is 3.88. The van der Waals surface area contributed by atoms with Crippen molar-refractivity contribution >= 4 is 33.0 Å². The Hall–Kier alpha value is -2.51. The van der Waals surface area contributed by atoms with E-state index < -0.39 is 0 Å². The first-order chi connectivity index (χ1) is 14.2. The van der Waals surface area contributed by atoms with Gasteiger partial charge in [0.2, 0.25) is 6.23 Å². The summed E-state index contributed by atoms with van der Waals surface area (Å²) in [6.45, 7) is 0. The Bertz CT molecular complexity index is 1080. The average molecular weight is 471 g/mol. The van der Waals surface area contributed by atoms with Crippen LogP contribution in [0.1, 0.15) is 34.7 Å². The molecule has 5 nitrogen and oxygen atoms in total. The predicted octanol–water partition coefficient (Wildman–Crippen LogP) is 5.77. The van der Waals surface area contributed by atoms with Crippen LogP contribution in [0.5, 0.6) is 17.2 Å². The predicted molar refractivity (Wildman–Crippen MR) is 117 cm³/mol. The normalized spacial score (nSPS) is 19.8. The summed E-state index contributed by atoms with van der Waals surface area (Å²) >= 11 is 5.31. The van der Waals surface area contributed by atoms with Crippen molar-refractivity contribution in [1.29, 1.82) is 0 Å². The van der Waals surface area contributed by atoms with Gasteiger partial charge in [-0.15, -0.1) is 11.3 Å². The minimum Gasteiger partial charge on any atom is -0.493 e. The molecule has 2 atom stereocenters. The Morgan fingerprint density at radius 1 is 1.10 bits per heavy atom. The van der Waals surface area contributed by atoms with Gasteiger partial charge in [0.1, 0.15) is 5.75 Å². The zero-order valence-electron chi connectivity index (χ0n) is 16.0. The summed E-state index contributed by atoms with van der Waals surface area (Å²) in [5.41, 5.74) is 3.20. The molecule has 2 aromatic carbocycles. The largest absolute Gasteiger partial charge is 0.493 e. The number of hydrazone groups is 1. The van der Waals surface area contributed by atoms with E-state index in [0.29, 0.717) is 11.5 Å². The standard InChI is InChI=1S/C22H19BrN2O3S/c1-26-19-7-5-13(10-20(19)27-2)22-25-17(12-16(24-25)21-4-3-9-29-21)15-11-14(23)6-8-18(15)28-22/h3-11,17,22H,12H2,1-2H3/t17-,22+/m0/s1. The molecule has 7 heteroatoms. The van der Waals surface area contributed by atoms with Crippen molar-refractivity contribution < 1.29 is 14.2 Å². The molecule has 0 saturated carbocycles.